The molecule has 2 aromatic heterocycles. The number of rotatable bonds is 3. The van der Waals surface area contributed by atoms with Gasteiger partial charge in [-0.05, 0) is 42.5 Å². The molecule has 3 heterocycles. The number of alkyl halides is 3. The summed E-state index contributed by atoms with van der Waals surface area (Å²) in [6, 6.07) is 10.0. The zero-order valence-corrected chi connectivity index (χ0v) is 15.0. The molecule has 1 aromatic carbocycles. The second-order valence-electron chi connectivity index (χ2n) is 5.94. The van der Waals surface area contributed by atoms with E-state index in [2.05, 4.69) is 15.5 Å². The molecule has 0 atom stereocenters. The third-order valence-corrected chi connectivity index (χ3v) is 4.27. The van der Waals surface area contributed by atoms with Crippen LogP contribution in [0.25, 0.3) is 11.4 Å². The number of nitrogens with one attached hydrogen (secondary N) is 1. The van der Waals surface area contributed by atoms with Crippen LogP contribution in [0.2, 0.25) is 5.02 Å². The Morgan fingerprint density at radius 3 is 2.68 bits per heavy atom. The van der Waals surface area contributed by atoms with Gasteiger partial charge in [-0.2, -0.15) is 18.3 Å². The van der Waals surface area contributed by atoms with Crippen molar-refractivity contribution in [3.63, 3.8) is 0 Å². The lowest BCUT2D eigenvalue weighted by molar-refractivity contribution is -0.137. The average molecular weight is 404 g/mol. The third-order valence-electron chi connectivity index (χ3n) is 4.04. The van der Waals surface area contributed by atoms with Gasteiger partial charge in [0.15, 0.2) is 0 Å². The summed E-state index contributed by atoms with van der Waals surface area (Å²) in [5.74, 6) is 0. The standard InChI is InChI=1S/C19H13ClF3N5/c20-14-3-1-4-15(10-14)28-18(6-7-25-28)17-5-2-8-27(26-17)16-9-13(11-24-12-16)19(21,22)23/h1-12,26H. The van der Waals surface area contributed by atoms with Crippen LogP contribution in [0.15, 0.2) is 73.3 Å². The number of halogens is 4. The summed E-state index contributed by atoms with van der Waals surface area (Å²) >= 11 is 6.07. The predicted molar refractivity (Wildman–Crippen MR) is 101 cm³/mol. The molecule has 4 rings (SSSR count). The number of hydrogen-bond acceptors (Lipinski definition) is 4. The van der Waals surface area contributed by atoms with E-state index in [1.807, 2.05) is 12.1 Å². The van der Waals surface area contributed by atoms with Crippen molar-refractivity contribution in [1.29, 1.82) is 0 Å². The number of allylic oxidation sites excluding steroid dienone is 2. The number of nitrogens with zero attached hydrogens (tertiary/aromatic N) is 4. The van der Waals surface area contributed by atoms with Crippen LogP contribution in [-0.4, -0.2) is 14.8 Å². The van der Waals surface area contributed by atoms with Crippen molar-refractivity contribution in [3.8, 4) is 5.69 Å². The Morgan fingerprint density at radius 1 is 1.04 bits per heavy atom. The fourth-order valence-corrected chi connectivity index (χ4v) is 2.94. The first-order valence-electron chi connectivity index (χ1n) is 8.19. The van der Waals surface area contributed by atoms with Gasteiger partial charge in [-0.15, -0.1) is 0 Å². The van der Waals surface area contributed by atoms with Gasteiger partial charge >= 0.3 is 6.18 Å². The van der Waals surface area contributed by atoms with Crippen LogP contribution in [-0.2, 0) is 6.18 Å². The zero-order chi connectivity index (χ0) is 19.7. The molecule has 1 aliphatic heterocycles. The molecule has 5 nitrogen and oxygen atoms in total. The highest BCUT2D eigenvalue weighted by molar-refractivity contribution is 6.30. The van der Waals surface area contributed by atoms with Gasteiger partial charge in [-0.25, -0.2) is 4.68 Å². The fraction of sp³-hybridized carbons (Fsp3) is 0.0526. The Hall–Kier alpha value is -3.26. The molecule has 0 bridgehead atoms. The highest BCUT2D eigenvalue weighted by atomic mass is 35.5. The minimum atomic E-state index is -4.47. The van der Waals surface area contributed by atoms with E-state index in [1.165, 1.54) is 11.2 Å². The van der Waals surface area contributed by atoms with Crippen molar-refractivity contribution in [2.24, 2.45) is 0 Å². The Kier molecular flexibility index (Phi) is 4.56. The van der Waals surface area contributed by atoms with Crippen molar-refractivity contribution in [1.82, 2.24) is 20.2 Å². The zero-order valence-electron chi connectivity index (χ0n) is 14.2. The number of aromatic nitrogens is 3. The van der Waals surface area contributed by atoms with Crippen molar-refractivity contribution in [2.75, 3.05) is 5.01 Å². The second-order valence-corrected chi connectivity index (χ2v) is 6.38. The first kappa shape index (κ1) is 18.1. The molecule has 9 heteroatoms. The Morgan fingerprint density at radius 2 is 1.89 bits per heavy atom. The Labute approximate surface area is 163 Å². The van der Waals surface area contributed by atoms with Crippen LogP contribution in [0, 0.1) is 0 Å². The summed E-state index contributed by atoms with van der Waals surface area (Å²) in [7, 11) is 0. The van der Waals surface area contributed by atoms with Gasteiger partial charge in [0.25, 0.3) is 0 Å². The first-order valence-corrected chi connectivity index (χ1v) is 8.56. The fourth-order valence-electron chi connectivity index (χ4n) is 2.76. The van der Waals surface area contributed by atoms with E-state index in [0.717, 1.165) is 23.6 Å². The molecule has 0 radical (unpaired) electrons. The lowest BCUT2D eigenvalue weighted by Crippen LogP contribution is -2.34. The van der Waals surface area contributed by atoms with Crippen LogP contribution < -0.4 is 10.4 Å². The van der Waals surface area contributed by atoms with E-state index < -0.39 is 11.7 Å². The van der Waals surface area contributed by atoms with Crippen LogP contribution in [0.1, 0.15) is 11.3 Å². The molecular weight excluding hydrogens is 391 g/mol. The second kappa shape index (κ2) is 7.05. The SMILES string of the molecule is FC(F)(F)c1cncc(N2C=CC=C(c3ccnn3-c3cccc(Cl)c3)N2)c1. The molecule has 0 spiro atoms. The molecule has 28 heavy (non-hydrogen) atoms. The molecule has 3 aromatic rings. The molecule has 0 unspecified atom stereocenters. The topological polar surface area (TPSA) is 46.0 Å². The lowest BCUT2D eigenvalue weighted by Gasteiger charge is -2.27. The van der Waals surface area contributed by atoms with Gasteiger partial charge in [0.1, 0.15) is 0 Å². The maximum absolute atomic E-state index is 13.0. The number of benzene rings is 1. The minimum absolute atomic E-state index is 0.255. The van der Waals surface area contributed by atoms with E-state index in [0.29, 0.717) is 10.7 Å². The molecule has 0 saturated carbocycles. The molecule has 0 saturated heterocycles. The molecular formula is C19H13ClF3N5. The van der Waals surface area contributed by atoms with Crippen molar-refractivity contribution >= 4 is 23.0 Å². The van der Waals surface area contributed by atoms with Crippen LogP contribution in [0.3, 0.4) is 0 Å². The first-order chi connectivity index (χ1) is 13.4. The number of hydrogen-bond donors (Lipinski definition) is 1. The summed E-state index contributed by atoms with van der Waals surface area (Å²) in [6.45, 7) is 0. The molecule has 0 aliphatic carbocycles. The summed E-state index contributed by atoms with van der Waals surface area (Å²) in [4.78, 5) is 3.70. The molecule has 1 aliphatic rings. The smallest absolute Gasteiger partial charge is 0.292 e. The highest BCUT2D eigenvalue weighted by Gasteiger charge is 2.31. The molecule has 0 fully saturated rings. The molecule has 1 N–H and O–H groups in total. The van der Waals surface area contributed by atoms with Gasteiger partial charge in [-0.1, -0.05) is 17.7 Å². The van der Waals surface area contributed by atoms with Gasteiger partial charge in [0, 0.05) is 17.4 Å². The van der Waals surface area contributed by atoms with Crippen LogP contribution >= 0.6 is 11.6 Å². The normalized spacial score (nSPS) is 14.0. The van der Waals surface area contributed by atoms with Gasteiger partial charge < -0.3 is 0 Å². The maximum Gasteiger partial charge on any atom is 0.417 e. The summed E-state index contributed by atoms with van der Waals surface area (Å²) in [5, 5.41) is 6.36. The minimum Gasteiger partial charge on any atom is -0.292 e. The van der Waals surface area contributed by atoms with E-state index in [1.54, 1.807) is 47.4 Å². The predicted octanol–water partition coefficient (Wildman–Crippen LogP) is 4.82. The average Bonchev–Trinajstić information content (AvgIpc) is 3.17. The lowest BCUT2D eigenvalue weighted by atomic mass is 10.2. The third kappa shape index (κ3) is 3.59. The van der Waals surface area contributed by atoms with E-state index in [9.17, 15) is 13.2 Å². The largest absolute Gasteiger partial charge is 0.417 e. The Balaban J connectivity index is 1.64. The monoisotopic (exact) mass is 403 g/mol. The van der Waals surface area contributed by atoms with Crippen LogP contribution in [0.5, 0.6) is 0 Å². The highest BCUT2D eigenvalue weighted by Crippen LogP contribution is 2.31. The summed E-state index contributed by atoms with van der Waals surface area (Å²) in [5.41, 5.74) is 4.65. The van der Waals surface area contributed by atoms with E-state index >= 15 is 0 Å². The number of pyridine rings is 1. The van der Waals surface area contributed by atoms with Gasteiger partial charge in [0.2, 0.25) is 0 Å². The van der Waals surface area contributed by atoms with Crippen molar-refractivity contribution in [3.05, 3.63) is 89.6 Å². The Bertz CT molecular complexity index is 1070. The summed E-state index contributed by atoms with van der Waals surface area (Å²) in [6.07, 6.45) is 4.45. The quantitative estimate of drug-likeness (QED) is 0.681. The number of hydrazine groups is 1. The molecule has 142 valence electrons. The van der Waals surface area contributed by atoms with Gasteiger partial charge in [-0.3, -0.25) is 15.4 Å². The van der Waals surface area contributed by atoms with Crippen molar-refractivity contribution < 1.29 is 13.2 Å². The maximum atomic E-state index is 13.0. The van der Waals surface area contributed by atoms with Crippen molar-refractivity contribution in [2.45, 2.75) is 6.18 Å². The molecule has 0 amide bonds. The van der Waals surface area contributed by atoms with Gasteiger partial charge in [0.05, 0.1) is 40.7 Å². The van der Waals surface area contributed by atoms with Crippen LogP contribution in [0.4, 0.5) is 18.9 Å². The summed E-state index contributed by atoms with van der Waals surface area (Å²) < 4.78 is 40.6. The van der Waals surface area contributed by atoms with E-state index in [4.69, 9.17) is 11.6 Å². The number of anilines is 1. The van der Waals surface area contributed by atoms with E-state index in [-0.39, 0.29) is 5.69 Å².